The predicted octanol–water partition coefficient (Wildman–Crippen LogP) is 3.80. The molecule has 0 saturated carbocycles. The summed E-state index contributed by atoms with van der Waals surface area (Å²) >= 11 is 0. The Morgan fingerprint density at radius 3 is 1.52 bits per heavy atom. The second-order valence-corrected chi connectivity index (χ2v) is 24.8. The standard InChI is InChI=1S/C68H89N11O17/c1-67(2,3)95-58(85)38-54(64(91)76-51(59(69)86)35-42-19-9-7-10-20-42)77-61(88)50(75-63(90)53(37-45-39-72-48-24-14-13-23-47(45)48)78-65(92)94-41-44-21-11-8-12-22-44)26-18-34-71-56(82)28-16-15-27-55(81)70-33-17-25-49(60(87)73-40-57(83)84)74-62(89)52(79-66(93)96-68(4,5)6)36-43-29-31-46(80)32-30-43/h7-14,19-24,29-32,39,49-54,72,80H,15-18,25-28,33-38,40-41H2,1-6H3,(H2,69,86)(H,70,81)(H,71,82)(H,73,87)(H,74,89)(H,75,90)(H,76,91)(H,77,88)(H,78,92)(H,79,93)(H,83,84)/t49-,50-,51-,52-,53-,54-/m0/s1. The first kappa shape index (κ1) is 76.2. The highest BCUT2D eigenvalue weighted by Crippen LogP contribution is 2.21. The van der Waals surface area contributed by atoms with E-state index < -0.39 is 126 Å². The molecule has 0 aliphatic carbocycles. The monoisotopic (exact) mass is 1330 g/mol. The van der Waals surface area contributed by atoms with Crippen LogP contribution >= 0.6 is 0 Å². The molecule has 0 radical (unpaired) electrons. The molecule has 4 aromatic carbocycles. The van der Waals surface area contributed by atoms with Crippen LogP contribution in [-0.4, -0.2) is 154 Å². The van der Waals surface area contributed by atoms with E-state index in [4.69, 9.17) is 19.9 Å². The van der Waals surface area contributed by atoms with E-state index in [0.29, 0.717) is 22.3 Å². The number of nitrogens with two attached hydrogens (primary N) is 1. The number of para-hydroxylation sites is 1. The van der Waals surface area contributed by atoms with Gasteiger partial charge in [-0.25, -0.2) is 9.59 Å². The zero-order valence-corrected chi connectivity index (χ0v) is 54.8. The van der Waals surface area contributed by atoms with Crippen molar-refractivity contribution in [3.8, 4) is 5.75 Å². The maximum absolute atomic E-state index is 14.6. The van der Waals surface area contributed by atoms with Gasteiger partial charge in [0, 0.05) is 62.3 Å². The van der Waals surface area contributed by atoms with Crippen molar-refractivity contribution in [1.29, 1.82) is 0 Å². The van der Waals surface area contributed by atoms with Gasteiger partial charge in [-0.15, -0.1) is 0 Å². The third-order valence-corrected chi connectivity index (χ3v) is 14.4. The van der Waals surface area contributed by atoms with E-state index in [1.165, 1.54) is 24.3 Å². The number of esters is 1. The number of unbranched alkanes of at least 4 members (excludes halogenated alkanes) is 1. The fourth-order valence-electron chi connectivity index (χ4n) is 9.72. The van der Waals surface area contributed by atoms with Crippen LogP contribution < -0.4 is 53.6 Å². The van der Waals surface area contributed by atoms with Crippen molar-refractivity contribution in [3.05, 3.63) is 138 Å². The number of amides is 10. The summed E-state index contributed by atoms with van der Waals surface area (Å²) in [6.45, 7) is 8.83. The summed E-state index contributed by atoms with van der Waals surface area (Å²) in [7, 11) is 0. The van der Waals surface area contributed by atoms with Crippen LogP contribution in [0.25, 0.3) is 10.9 Å². The molecule has 5 rings (SSSR count). The number of hydrogen-bond donors (Lipinski definition) is 13. The average molecular weight is 1330 g/mol. The van der Waals surface area contributed by atoms with Crippen LogP contribution in [0.4, 0.5) is 9.59 Å². The Balaban J connectivity index is 1.22. The van der Waals surface area contributed by atoms with Crippen molar-refractivity contribution in [2.24, 2.45) is 5.73 Å². The van der Waals surface area contributed by atoms with Crippen molar-refractivity contribution >= 4 is 82.3 Å². The Bertz CT molecular complexity index is 3440. The van der Waals surface area contributed by atoms with Gasteiger partial charge in [0.15, 0.2) is 0 Å². The first-order chi connectivity index (χ1) is 45.5. The third kappa shape index (κ3) is 28.8. The van der Waals surface area contributed by atoms with Crippen molar-refractivity contribution in [3.63, 3.8) is 0 Å². The summed E-state index contributed by atoms with van der Waals surface area (Å²) in [5, 5.41) is 43.0. The van der Waals surface area contributed by atoms with Gasteiger partial charge in [0.2, 0.25) is 47.3 Å². The number of carboxylic acids is 1. The van der Waals surface area contributed by atoms with Crippen molar-refractivity contribution in [2.75, 3.05) is 19.6 Å². The Morgan fingerprint density at radius 2 is 0.958 bits per heavy atom. The molecular formula is C68H89N11O17. The fraction of sp³-hybridized carbons (Fsp3) is 0.441. The topological polar surface area (TPSA) is 423 Å². The number of H-pyrrole nitrogens is 1. The molecule has 1 aromatic heterocycles. The smallest absolute Gasteiger partial charge is 0.408 e. The number of ether oxygens (including phenoxy) is 3. The quantitative estimate of drug-likeness (QED) is 0.0153. The van der Waals surface area contributed by atoms with Crippen LogP contribution in [0.15, 0.2) is 115 Å². The maximum Gasteiger partial charge on any atom is 0.408 e. The van der Waals surface area contributed by atoms with Gasteiger partial charge in [-0.2, -0.15) is 0 Å². The molecule has 28 heteroatoms. The van der Waals surface area contributed by atoms with Crippen molar-refractivity contribution < 1.29 is 82.0 Å². The van der Waals surface area contributed by atoms with Gasteiger partial charge in [0.05, 0.1) is 6.42 Å². The Kier molecular flexibility index (Phi) is 30.1. The average Bonchev–Trinajstić information content (AvgIpc) is 1.67. The Labute approximate surface area is 556 Å². The lowest BCUT2D eigenvalue weighted by molar-refractivity contribution is -0.156. The molecule has 0 fully saturated rings. The molecule has 0 spiro atoms. The Hall–Kier alpha value is -10.5. The number of aliphatic carboxylic acids is 1. The summed E-state index contributed by atoms with van der Waals surface area (Å²) in [6, 6.07) is 22.2. The molecule has 6 atom stereocenters. The SMILES string of the molecule is CC(C)(C)OC(=O)C[C@H](NC(=O)[C@H](CCCNC(=O)CCCCC(=O)NCCC[C@H](NC(=O)[C@H](Cc1ccc(O)cc1)NC(=O)OC(C)(C)C)C(=O)NCC(=O)O)NC(=O)[C@H](Cc1c[nH]c2ccccc12)NC(=O)OCc1ccccc1)C(=O)N[C@@H](Cc1ccccc1)C(N)=O. The molecule has 1 heterocycles. The highest BCUT2D eigenvalue weighted by Gasteiger charge is 2.35. The number of carbonyl (C=O) groups excluding carboxylic acids is 11. The number of aromatic nitrogens is 1. The molecular weight excluding hydrogens is 1240 g/mol. The first-order valence-corrected chi connectivity index (χ1v) is 31.6. The predicted molar refractivity (Wildman–Crippen MR) is 352 cm³/mol. The number of phenols is 1. The number of nitrogens with one attached hydrogen (secondary N) is 10. The van der Waals surface area contributed by atoms with Gasteiger partial charge in [-0.05, 0) is 121 Å². The van der Waals surface area contributed by atoms with Gasteiger partial charge in [-0.3, -0.25) is 47.9 Å². The second kappa shape index (κ2) is 38.0. The molecule has 518 valence electrons. The zero-order valence-electron chi connectivity index (χ0n) is 54.8. The lowest BCUT2D eigenvalue weighted by atomic mass is 10.0. The molecule has 28 nitrogen and oxygen atoms in total. The van der Waals surface area contributed by atoms with Crippen LogP contribution in [0, 0.1) is 0 Å². The molecule has 0 bridgehead atoms. The van der Waals surface area contributed by atoms with E-state index in [0.717, 1.165) is 10.9 Å². The number of rotatable bonds is 37. The van der Waals surface area contributed by atoms with Crippen LogP contribution in [0.2, 0.25) is 0 Å². The van der Waals surface area contributed by atoms with Crippen LogP contribution in [-0.2, 0) is 88.0 Å². The summed E-state index contributed by atoms with van der Waals surface area (Å²) in [6.07, 6.45) is -0.643. The number of phenolic OH excluding ortho intramolecular Hbond substituents is 1. The lowest BCUT2D eigenvalue weighted by Crippen LogP contribution is -2.59. The number of fused-ring (bicyclic) bond motifs is 1. The van der Waals surface area contributed by atoms with Gasteiger partial charge in [0.25, 0.3) is 0 Å². The minimum Gasteiger partial charge on any atom is -0.508 e. The molecule has 0 aliphatic rings. The number of aromatic hydroxyl groups is 1. The maximum atomic E-state index is 14.6. The zero-order chi connectivity index (χ0) is 70.4. The number of benzene rings is 4. The fourth-order valence-corrected chi connectivity index (χ4v) is 9.72. The number of carbonyl (C=O) groups is 12. The van der Waals surface area contributed by atoms with Crippen LogP contribution in [0.5, 0.6) is 5.75 Å². The van der Waals surface area contributed by atoms with E-state index in [9.17, 15) is 67.7 Å². The molecule has 0 aliphatic heterocycles. The first-order valence-electron chi connectivity index (χ1n) is 31.6. The van der Waals surface area contributed by atoms with E-state index >= 15 is 0 Å². The van der Waals surface area contributed by atoms with Crippen molar-refractivity contribution in [1.82, 2.24) is 52.8 Å². The molecule has 10 amide bonds. The van der Waals surface area contributed by atoms with E-state index in [1.54, 1.807) is 114 Å². The molecule has 0 unspecified atom stereocenters. The van der Waals surface area contributed by atoms with Crippen LogP contribution in [0.1, 0.15) is 122 Å². The second-order valence-electron chi connectivity index (χ2n) is 24.8. The minimum atomic E-state index is -1.68. The highest BCUT2D eigenvalue weighted by atomic mass is 16.6. The lowest BCUT2D eigenvalue weighted by Gasteiger charge is -2.27. The van der Waals surface area contributed by atoms with Gasteiger partial charge >= 0.3 is 24.1 Å². The molecule has 14 N–H and O–H groups in total. The number of alkyl carbamates (subject to hydrolysis) is 2. The third-order valence-electron chi connectivity index (χ3n) is 14.4. The van der Waals surface area contributed by atoms with Crippen molar-refractivity contribution in [2.45, 2.75) is 173 Å². The summed E-state index contributed by atoms with van der Waals surface area (Å²) in [5.74, 6) is -8.35. The largest absolute Gasteiger partial charge is 0.508 e. The van der Waals surface area contributed by atoms with Gasteiger partial charge in [0.1, 0.15) is 66.4 Å². The summed E-state index contributed by atoms with van der Waals surface area (Å²) in [4.78, 5) is 163. The number of hydrogen-bond acceptors (Lipinski definition) is 16. The van der Waals surface area contributed by atoms with Gasteiger partial charge < -0.3 is 83.0 Å². The minimum absolute atomic E-state index is 0.00235. The number of carboxylic acid groups (broad SMARTS) is 1. The van der Waals surface area contributed by atoms with Crippen LogP contribution in [0.3, 0.4) is 0 Å². The number of aromatic amines is 1. The summed E-state index contributed by atoms with van der Waals surface area (Å²) < 4.78 is 16.4. The van der Waals surface area contributed by atoms with E-state index in [-0.39, 0.29) is 102 Å². The Morgan fingerprint density at radius 1 is 0.490 bits per heavy atom. The molecule has 0 saturated heterocycles. The number of primary amides is 1. The molecule has 5 aromatic rings. The van der Waals surface area contributed by atoms with E-state index in [2.05, 4.69) is 52.8 Å². The highest BCUT2D eigenvalue weighted by molar-refractivity contribution is 5.97. The normalized spacial score (nSPS) is 13.1. The summed E-state index contributed by atoms with van der Waals surface area (Å²) in [5.41, 5.74) is 7.04. The van der Waals surface area contributed by atoms with Gasteiger partial charge in [-0.1, -0.05) is 91.0 Å². The van der Waals surface area contributed by atoms with E-state index in [1.807, 2.05) is 18.2 Å². The molecule has 96 heavy (non-hydrogen) atoms.